The molecule has 0 aliphatic carbocycles. The second kappa shape index (κ2) is 8.54. The molecule has 1 aliphatic rings. The first-order chi connectivity index (χ1) is 9.04. The van der Waals surface area contributed by atoms with Gasteiger partial charge in [0, 0.05) is 33.1 Å². The summed E-state index contributed by atoms with van der Waals surface area (Å²) in [5.74, 6) is 0.972. The highest BCUT2D eigenvalue weighted by Gasteiger charge is 2.23. The van der Waals surface area contributed by atoms with Gasteiger partial charge in [-0.3, -0.25) is 4.79 Å². The largest absolute Gasteiger partial charge is 0.349 e. The standard InChI is InChI=1S/C15H31N3O/c1-5-10-18-11-7-14(8-12-18)13(2)16-9-6-15(19)17(3)4/h13-14,16H,5-12H2,1-4H3. The van der Waals surface area contributed by atoms with E-state index in [1.807, 2.05) is 14.1 Å². The van der Waals surface area contributed by atoms with Crippen molar-refractivity contribution in [2.24, 2.45) is 5.92 Å². The average Bonchev–Trinajstić information content (AvgIpc) is 2.39. The van der Waals surface area contributed by atoms with Gasteiger partial charge >= 0.3 is 0 Å². The Hall–Kier alpha value is -0.610. The van der Waals surface area contributed by atoms with Crippen molar-refractivity contribution < 1.29 is 4.79 Å². The number of carbonyl (C=O) groups excluding carboxylic acids is 1. The fourth-order valence-electron chi connectivity index (χ4n) is 2.79. The van der Waals surface area contributed by atoms with Gasteiger partial charge in [0.2, 0.25) is 5.91 Å². The van der Waals surface area contributed by atoms with Crippen LogP contribution in [0.1, 0.15) is 39.5 Å². The molecule has 4 heteroatoms. The Kier molecular flexibility index (Phi) is 7.39. The fraction of sp³-hybridized carbons (Fsp3) is 0.933. The molecule has 0 radical (unpaired) electrons. The lowest BCUT2D eigenvalue weighted by atomic mass is 9.90. The van der Waals surface area contributed by atoms with Gasteiger partial charge in [-0.2, -0.15) is 0 Å². The Bertz CT molecular complexity index is 260. The molecule has 0 spiro atoms. The number of hydrogen-bond acceptors (Lipinski definition) is 3. The molecule has 0 aromatic carbocycles. The molecule has 0 saturated carbocycles. The van der Waals surface area contributed by atoms with E-state index in [1.165, 1.54) is 38.9 Å². The highest BCUT2D eigenvalue weighted by Crippen LogP contribution is 2.20. The summed E-state index contributed by atoms with van der Waals surface area (Å²) in [6, 6.07) is 0.527. The molecule has 1 rings (SSSR count). The topological polar surface area (TPSA) is 35.6 Å². The minimum Gasteiger partial charge on any atom is -0.349 e. The molecular formula is C15H31N3O. The van der Waals surface area contributed by atoms with Crippen molar-refractivity contribution in [1.82, 2.24) is 15.1 Å². The maximum atomic E-state index is 11.5. The van der Waals surface area contributed by atoms with Crippen molar-refractivity contribution in [2.75, 3.05) is 40.3 Å². The third-order valence-electron chi connectivity index (χ3n) is 4.18. The minimum atomic E-state index is 0.206. The van der Waals surface area contributed by atoms with Crippen molar-refractivity contribution in [3.8, 4) is 0 Å². The van der Waals surface area contributed by atoms with Crippen molar-refractivity contribution in [2.45, 2.75) is 45.6 Å². The fourth-order valence-corrected chi connectivity index (χ4v) is 2.79. The number of nitrogens with one attached hydrogen (secondary N) is 1. The quantitative estimate of drug-likeness (QED) is 0.762. The molecule has 1 aliphatic heterocycles. The number of rotatable bonds is 7. The normalized spacial score (nSPS) is 19.4. The van der Waals surface area contributed by atoms with Gasteiger partial charge in [0.05, 0.1) is 0 Å². The lowest BCUT2D eigenvalue weighted by Crippen LogP contribution is -2.43. The van der Waals surface area contributed by atoms with Crippen molar-refractivity contribution in [3.63, 3.8) is 0 Å². The van der Waals surface area contributed by atoms with Crippen molar-refractivity contribution >= 4 is 5.91 Å². The van der Waals surface area contributed by atoms with Gasteiger partial charge in [0.1, 0.15) is 0 Å². The molecule has 19 heavy (non-hydrogen) atoms. The van der Waals surface area contributed by atoms with Gasteiger partial charge in [-0.15, -0.1) is 0 Å². The molecule has 0 aromatic rings. The summed E-state index contributed by atoms with van der Waals surface area (Å²) in [5.41, 5.74) is 0. The Labute approximate surface area is 118 Å². The highest BCUT2D eigenvalue weighted by atomic mass is 16.2. The van der Waals surface area contributed by atoms with E-state index in [4.69, 9.17) is 0 Å². The number of carbonyl (C=O) groups is 1. The van der Waals surface area contributed by atoms with E-state index in [2.05, 4.69) is 24.1 Å². The zero-order valence-electron chi connectivity index (χ0n) is 13.1. The number of amides is 1. The lowest BCUT2D eigenvalue weighted by Gasteiger charge is -2.35. The molecule has 1 N–H and O–H groups in total. The molecule has 112 valence electrons. The summed E-state index contributed by atoms with van der Waals surface area (Å²) in [6.45, 7) is 9.03. The van der Waals surface area contributed by atoms with E-state index in [1.54, 1.807) is 4.90 Å². The SMILES string of the molecule is CCCN1CCC(C(C)NCCC(=O)N(C)C)CC1. The van der Waals surface area contributed by atoms with Gasteiger partial charge in [0.15, 0.2) is 0 Å². The predicted molar refractivity (Wildman–Crippen MR) is 80.2 cm³/mol. The second-order valence-corrected chi connectivity index (χ2v) is 5.96. The molecule has 1 saturated heterocycles. The summed E-state index contributed by atoms with van der Waals surface area (Å²) >= 11 is 0. The van der Waals surface area contributed by atoms with Gasteiger partial charge in [-0.1, -0.05) is 6.92 Å². The molecule has 0 bridgehead atoms. The maximum absolute atomic E-state index is 11.5. The van der Waals surface area contributed by atoms with Crippen LogP contribution in [0.15, 0.2) is 0 Å². The highest BCUT2D eigenvalue weighted by molar-refractivity contribution is 5.75. The summed E-state index contributed by atoms with van der Waals surface area (Å²) in [4.78, 5) is 15.7. The number of piperidine rings is 1. The molecule has 1 unspecified atom stereocenters. The van der Waals surface area contributed by atoms with E-state index in [9.17, 15) is 4.79 Å². The van der Waals surface area contributed by atoms with Gasteiger partial charge in [0.25, 0.3) is 0 Å². The Morgan fingerprint density at radius 2 is 2.00 bits per heavy atom. The third-order valence-corrected chi connectivity index (χ3v) is 4.18. The first-order valence-corrected chi connectivity index (χ1v) is 7.70. The molecule has 0 aromatic heterocycles. The van der Waals surface area contributed by atoms with Crippen LogP contribution in [0.25, 0.3) is 0 Å². The molecule has 1 fully saturated rings. The van der Waals surface area contributed by atoms with Crippen LogP contribution in [0, 0.1) is 5.92 Å². The van der Waals surface area contributed by atoms with Gasteiger partial charge in [-0.25, -0.2) is 0 Å². The monoisotopic (exact) mass is 269 g/mol. The molecular weight excluding hydrogens is 238 g/mol. The van der Waals surface area contributed by atoms with Gasteiger partial charge < -0.3 is 15.1 Å². The zero-order chi connectivity index (χ0) is 14.3. The Balaban J connectivity index is 2.17. The molecule has 1 amide bonds. The van der Waals surface area contributed by atoms with Crippen molar-refractivity contribution in [1.29, 1.82) is 0 Å². The second-order valence-electron chi connectivity index (χ2n) is 5.96. The molecule has 1 heterocycles. The summed E-state index contributed by atoms with van der Waals surface area (Å²) in [6.07, 6.45) is 4.43. The van der Waals surface area contributed by atoms with E-state index in [-0.39, 0.29) is 5.91 Å². The first-order valence-electron chi connectivity index (χ1n) is 7.70. The van der Waals surface area contributed by atoms with Gasteiger partial charge in [-0.05, 0) is 51.7 Å². The lowest BCUT2D eigenvalue weighted by molar-refractivity contribution is -0.128. The van der Waals surface area contributed by atoms with Crippen molar-refractivity contribution in [3.05, 3.63) is 0 Å². The van der Waals surface area contributed by atoms with E-state index in [0.717, 1.165) is 12.5 Å². The average molecular weight is 269 g/mol. The van der Waals surface area contributed by atoms with Crippen LogP contribution < -0.4 is 5.32 Å². The first kappa shape index (κ1) is 16.4. The maximum Gasteiger partial charge on any atom is 0.223 e. The van der Waals surface area contributed by atoms with Crippen LogP contribution in [0.4, 0.5) is 0 Å². The number of hydrogen-bond donors (Lipinski definition) is 1. The molecule has 4 nitrogen and oxygen atoms in total. The van der Waals surface area contributed by atoms with Crippen LogP contribution >= 0.6 is 0 Å². The van der Waals surface area contributed by atoms with E-state index in [0.29, 0.717) is 12.5 Å². The molecule has 1 atom stereocenters. The zero-order valence-corrected chi connectivity index (χ0v) is 13.1. The summed E-state index contributed by atoms with van der Waals surface area (Å²) < 4.78 is 0. The van der Waals surface area contributed by atoms with Crippen LogP contribution in [-0.2, 0) is 4.79 Å². The minimum absolute atomic E-state index is 0.206. The van der Waals surface area contributed by atoms with Crippen LogP contribution in [0.5, 0.6) is 0 Å². The summed E-state index contributed by atoms with van der Waals surface area (Å²) in [7, 11) is 3.63. The smallest absolute Gasteiger partial charge is 0.223 e. The predicted octanol–water partition coefficient (Wildman–Crippen LogP) is 1.56. The van der Waals surface area contributed by atoms with E-state index < -0.39 is 0 Å². The third kappa shape index (κ3) is 5.91. The number of nitrogens with zero attached hydrogens (tertiary/aromatic N) is 2. The Morgan fingerprint density at radius 1 is 1.37 bits per heavy atom. The van der Waals surface area contributed by atoms with Crippen LogP contribution in [-0.4, -0.2) is 62.0 Å². The van der Waals surface area contributed by atoms with Crippen LogP contribution in [0.2, 0.25) is 0 Å². The van der Waals surface area contributed by atoms with Crippen LogP contribution in [0.3, 0.4) is 0 Å². The van der Waals surface area contributed by atoms with E-state index >= 15 is 0 Å². The Morgan fingerprint density at radius 3 is 2.53 bits per heavy atom. The summed E-state index contributed by atoms with van der Waals surface area (Å²) in [5, 5.41) is 3.52. The number of likely N-dealkylation sites (tertiary alicyclic amines) is 1.